The van der Waals surface area contributed by atoms with E-state index in [4.69, 9.17) is 4.74 Å². The second kappa shape index (κ2) is 5.69. The molecule has 20 heavy (non-hydrogen) atoms. The third kappa shape index (κ3) is 2.61. The van der Waals surface area contributed by atoms with Crippen molar-refractivity contribution >= 4 is 11.6 Å². The quantitative estimate of drug-likeness (QED) is 0.862. The summed E-state index contributed by atoms with van der Waals surface area (Å²) < 4.78 is 32.2. The average molecular weight is 277 g/mol. The lowest BCUT2D eigenvalue weighted by Crippen LogP contribution is -2.28. The van der Waals surface area contributed by atoms with Crippen LogP contribution < -0.4 is 9.64 Å². The SMILES string of the molecule is COc1ccc(N(C)C(=O)c2c(F)cccc2F)cc1. The minimum Gasteiger partial charge on any atom is -0.497 e. The molecular weight excluding hydrogens is 264 g/mol. The van der Waals surface area contributed by atoms with Crippen LogP contribution in [0.1, 0.15) is 10.4 Å². The predicted molar refractivity (Wildman–Crippen MR) is 72.1 cm³/mol. The molecule has 0 spiro atoms. The molecule has 0 fully saturated rings. The molecule has 1 amide bonds. The first-order valence-corrected chi connectivity index (χ1v) is 5.90. The number of rotatable bonds is 3. The third-order valence-electron chi connectivity index (χ3n) is 2.94. The van der Waals surface area contributed by atoms with Crippen molar-refractivity contribution in [3.8, 4) is 5.75 Å². The highest BCUT2D eigenvalue weighted by Crippen LogP contribution is 2.21. The molecule has 0 aliphatic carbocycles. The van der Waals surface area contributed by atoms with Crippen LogP contribution in [0.3, 0.4) is 0 Å². The molecule has 5 heteroatoms. The zero-order chi connectivity index (χ0) is 14.7. The molecule has 2 aromatic carbocycles. The first-order chi connectivity index (χ1) is 9.54. The van der Waals surface area contributed by atoms with Gasteiger partial charge in [-0.1, -0.05) is 6.07 Å². The van der Waals surface area contributed by atoms with Gasteiger partial charge in [0.15, 0.2) is 0 Å². The summed E-state index contributed by atoms with van der Waals surface area (Å²) in [4.78, 5) is 13.3. The maximum atomic E-state index is 13.6. The molecule has 0 aliphatic rings. The van der Waals surface area contributed by atoms with Crippen molar-refractivity contribution in [1.29, 1.82) is 0 Å². The minimum atomic E-state index is -0.879. The molecule has 0 unspecified atom stereocenters. The van der Waals surface area contributed by atoms with Crippen molar-refractivity contribution < 1.29 is 18.3 Å². The summed E-state index contributed by atoms with van der Waals surface area (Å²) in [6.45, 7) is 0. The number of hydrogen-bond acceptors (Lipinski definition) is 2. The van der Waals surface area contributed by atoms with Gasteiger partial charge in [-0.25, -0.2) is 8.78 Å². The van der Waals surface area contributed by atoms with E-state index in [0.29, 0.717) is 11.4 Å². The lowest BCUT2D eigenvalue weighted by molar-refractivity contribution is 0.0985. The lowest BCUT2D eigenvalue weighted by Gasteiger charge is -2.18. The molecule has 2 rings (SSSR count). The van der Waals surface area contributed by atoms with Crippen LogP contribution in [-0.2, 0) is 0 Å². The number of carbonyl (C=O) groups is 1. The van der Waals surface area contributed by atoms with Crippen molar-refractivity contribution in [2.24, 2.45) is 0 Å². The third-order valence-corrected chi connectivity index (χ3v) is 2.94. The van der Waals surface area contributed by atoms with E-state index >= 15 is 0 Å². The standard InChI is InChI=1S/C15H13F2NO2/c1-18(10-6-8-11(20-2)9-7-10)15(19)14-12(16)4-3-5-13(14)17/h3-9H,1-2H3. The first-order valence-electron chi connectivity index (χ1n) is 5.90. The number of nitrogens with zero attached hydrogens (tertiary/aromatic N) is 1. The Kier molecular flexibility index (Phi) is 3.98. The van der Waals surface area contributed by atoms with E-state index in [2.05, 4.69) is 0 Å². The van der Waals surface area contributed by atoms with Gasteiger partial charge in [-0.3, -0.25) is 4.79 Å². The largest absolute Gasteiger partial charge is 0.497 e. The molecule has 2 aromatic rings. The van der Waals surface area contributed by atoms with E-state index in [1.807, 2.05) is 0 Å². The Labute approximate surface area is 115 Å². The van der Waals surface area contributed by atoms with Crippen LogP contribution in [0, 0.1) is 11.6 Å². The number of benzene rings is 2. The summed E-state index contributed by atoms with van der Waals surface area (Å²) in [5, 5.41) is 0. The van der Waals surface area contributed by atoms with Crippen LogP contribution in [0.25, 0.3) is 0 Å². The number of halogens is 2. The van der Waals surface area contributed by atoms with Gasteiger partial charge in [-0.05, 0) is 36.4 Å². The summed E-state index contributed by atoms with van der Waals surface area (Å²) in [6.07, 6.45) is 0. The monoisotopic (exact) mass is 277 g/mol. The van der Waals surface area contributed by atoms with Gasteiger partial charge >= 0.3 is 0 Å². The van der Waals surface area contributed by atoms with Gasteiger partial charge in [-0.15, -0.1) is 0 Å². The molecule has 0 aromatic heterocycles. The van der Waals surface area contributed by atoms with Crippen molar-refractivity contribution in [2.75, 3.05) is 19.1 Å². The highest BCUT2D eigenvalue weighted by atomic mass is 19.1. The summed E-state index contributed by atoms with van der Waals surface area (Å²) in [5.41, 5.74) is -0.0516. The van der Waals surface area contributed by atoms with Crippen molar-refractivity contribution in [2.45, 2.75) is 0 Å². The van der Waals surface area contributed by atoms with Gasteiger partial charge in [0.05, 0.1) is 7.11 Å². The van der Waals surface area contributed by atoms with Gasteiger partial charge in [0.25, 0.3) is 5.91 Å². The van der Waals surface area contributed by atoms with E-state index in [0.717, 1.165) is 12.1 Å². The van der Waals surface area contributed by atoms with Gasteiger partial charge in [0.2, 0.25) is 0 Å². The zero-order valence-corrected chi connectivity index (χ0v) is 11.1. The fourth-order valence-corrected chi connectivity index (χ4v) is 1.79. The summed E-state index contributed by atoms with van der Waals surface area (Å²) >= 11 is 0. The molecule has 0 radical (unpaired) electrons. The second-order valence-electron chi connectivity index (χ2n) is 4.16. The highest BCUT2D eigenvalue weighted by Gasteiger charge is 2.21. The molecule has 0 saturated carbocycles. The number of anilines is 1. The normalized spacial score (nSPS) is 10.2. The Hall–Kier alpha value is -2.43. The summed E-state index contributed by atoms with van der Waals surface area (Å²) in [7, 11) is 2.98. The first kappa shape index (κ1) is 14.0. The zero-order valence-electron chi connectivity index (χ0n) is 11.1. The Morgan fingerprint density at radius 2 is 1.60 bits per heavy atom. The molecular formula is C15H13F2NO2. The van der Waals surface area contributed by atoms with Crippen molar-refractivity contribution in [1.82, 2.24) is 0 Å². The van der Waals surface area contributed by atoms with Crippen LogP contribution in [0.5, 0.6) is 5.75 Å². The molecule has 0 N–H and O–H groups in total. The molecule has 104 valence electrons. The minimum absolute atomic E-state index is 0.512. The average Bonchev–Trinajstić information content (AvgIpc) is 2.46. The van der Waals surface area contributed by atoms with Gasteiger partial charge in [0, 0.05) is 12.7 Å². The van der Waals surface area contributed by atoms with Gasteiger partial charge in [-0.2, -0.15) is 0 Å². The van der Waals surface area contributed by atoms with E-state index < -0.39 is 23.1 Å². The maximum Gasteiger partial charge on any atom is 0.263 e. The van der Waals surface area contributed by atoms with E-state index in [-0.39, 0.29) is 0 Å². The van der Waals surface area contributed by atoms with E-state index in [1.54, 1.807) is 24.3 Å². The number of amides is 1. The number of carbonyl (C=O) groups excluding carboxylic acids is 1. The molecule has 0 aliphatic heterocycles. The molecule has 0 atom stereocenters. The second-order valence-corrected chi connectivity index (χ2v) is 4.16. The van der Waals surface area contributed by atoms with Crippen LogP contribution >= 0.6 is 0 Å². The van der Waals surface area contributed by atoms with Crippen LogP contribution in [0.15, 0.2) is 42.5 Å². The fourth-order valence-electron chi connectivity index (χ4n) is 1.79. The summed E-state index contributed by atoms with van der Waals surface area (Å²) in [6, 6.07) is 9.92. The van der Waals surface area contributed by atoms with Gasteiger partial charge in [0.1, 0.15) is 22.9 Å². The number of hydrogen-bond donors (Lipinski definition) is 0. The Balaban J connectivity index is 2.32. The smallest absolute Gasteiger partial charge is 0.263 e. The summed E-state index contributed by atoms with van der Waals surface area (Å²) in [5.74, 6) is -1.87. The van der Waals surface area contributed by atoms with E-state index in [1.165, 1.54) is 25.1 Å². The molecule has 0 heterocycles. The maximum absolute atomic E-state index is 13.6. The Morgan fingerprint density at radius 1 is 1.05 bits per heavy atom. The molecule has 3 nitrogen and oxygen atoms in total. The highest BCUT2D eigenvalue weighted by molar-refractivity contribution is 6.06. The lowest BCUT2D eigenvalue weighted by atomic mass is 10.1. The number of methoxy groups -OCH3 is 1. The van der Waals surface area contributed by atoms with Crippen molar-refractivity contribution in [3.63, 3.8) is 0 Å². The Morgan fingerprint density at radius 3 is 2.10 bits per heavy atom. The van der Waals surface area contributed by atoms with Crippen LogP contribution in [0.4, 0.5) is 14.5 Å². The topological polar surface area (TPSA) is 29.5 Å². The van der Waals surface area contributed by atoms with Crippen LogP contribution in [-0.4, -0.2) is 20.1 Å². The molecule has 0 bridgehead atoms. The van der Waals surface area contributed by atoms with Gasteiger partial charge < -0.3 is 9.64 Å². The molecule has 0 saturated heterocycles. The fraction of sp³-hybridized carbons (Fsp3) is 0.133. The van der Waals surface area contributed by atoms with E-state index in [9.17, 15) is 13.6 Å². The van der Waals surface area contributed by atoms with Crippen LogP contribution in [0.2, 0.25) is 0 Å². The predicted octanol–water partition coefficient (Wildman–Crippen LogP) is 3.25. The Bertz CT molecular complexity index is 606. The number of ether oxygens (including phenoxy) is 1. The van der Waals surface area contributed by atoms with Crippen molar-refractivity contribution in [3.05, 3.63) is 59.7 Å².